The number of aromatic nitrogens is 2. The average Bonchev–Trinajstić information content (AvgIpc) is 2.95. The fourth-order valence-corrected chi connectivity index (χ4v) is 3.28. The first-order chi connectivity index (χ1) is 13.1. The quantitative estimate of drug-likeness (QED) is 0.685. The van der Waals surface area contributed by atoms with Gasteiger partial charge in [0.1, 0.15) is 5.82 Å². The van der Waals surface area contributed by atoms with E-state index in [-0.39, 0.29) is 11.4 Å². The predicted molar refractivity (Wildman–Crippen MR) is 106 cm³/mol. The van der Waals surface area contributed by atoms with E-state index in [0.717, 1.165) is 29.4 Å². The first kappa shape index (κ1) is 19.6. The Hall–Kier alpha value is -3.20. The minimum Gasteiger partial charge on any atom is -0.322 e. The number of nitrogens with zero attached hydrogens (tertiary/aromatic N) is 2. The van der Waals surface area contributed by atoms with Crippen molar-refractivity contribution < 1.29 is 17.6 Å². The van der Waals surface area contributed by atoms with Gasteiger partial charge in [0.2, 0.25) is 10.0 Å². The van der Waals surface area contributed by atoms with Crippen LogP contribution in [0.3, 0.4) is 0 Å². The number of benzene rings is 2. The number of aryl methyl sites for hydroxylation is 2. The van der Waals surface area contributed by atoms with Crippen LogP contribution in [0.4, 0.5) is 15.8 Å². The Morgan fingerprint density at radius 3 is 2.32 bits per heavy atom. The second-order valence-electron chi connectivity index (χ2n) is 6.41. The average molecular weight is 402 g/mol. The summed E-state index contributed by atoms with van der Waals surface area (Å²) >= 11 is 0. The molecule has 0 aliphatic carbocycles. The first-order valence-corrected chi connectivity index (χ1v) is 10.2. The number of nitrogens with one attached hydrogen (secondary N) is 2. The maximum absolute atomic E-state index is 13.8. The predicted octanol–water partition coefficient (Wildman–Crippen LogP) is 3.25. The molecule has 3 aromatic rings. The molecule has 0 atom stereocenters. The van der Waals surface area contributed by atoms with Crippen molar-refractivity contribution in [3.05, 3.63) is 71.3 Å². The molecular formula is C19H19FN4O3S. The second kappa shape index (κ2) is 7.43. The molecule has 146 valence electrons. The summed E-state index contributed by atoms with van der Waals surface area (Å²) in [4.78, 5) is 12.4. The van der Waals surface area contributed by atoms with Crippen LogP contribution in [0.15, 0.2) is 48.5 Å². The summed E-state index contributed by atoms with van der Waals surface area (Å²) in [5.41, 5.74) is 3.12. The van der Waals surface area contributed by atoms with Crippen LogP contribution in [0.2, 0.25) is 0 Å². The van der Waals surface area contributed by atoms with Crippen molar-refractivity contribution in [3.63, 3.8) is 0 Å². The molecule has 0 saturated carbocycles. The lowest BCUT2D eigenvalue weighted by atomic mass is 10.2. The standard InChI is InChI=1S/C19H19FN4O3S/c1-12-10-13(2)24(22-12)16-7-4-14(5-8-16)19(25)21-15-6-9-17(20)18(11-15)23-28(3,26)27/h4-11,23H,1-3H3,(H,21,25). The van der Waals surface area contributed by atoms with E-state index >= 15 is 0 Å². The summed E-state index contributed by atoms with van der Waals surface area (Å²) in [6, 6.07) is 12.5. The molecule has 0 aliphatic heterocycles. The summed E-state index contributed by atoms with van der Waals surface area (Å²) in [5, 5.41) is 7.02. The number of carbonyl (C=O) groups excluding carboxylic acids is 1. The molecule has 0 unspecified atom stereocenters. The number of rotatable bonds is 5. The minimum atomic E-state index is -3.64. The Morgan fingerprint density at radius 2 is 1.75 bits per heavy atom. The highest BCUT2D eigenvalue weighted by Crippen LogP contribution is 2.21. The zero-order valence-corrected chi connectivity index (χ0v) is 16.3. The number of hydrogen-bond acceptors (Lipinski definition) is 4. The van der Waals surface area contributed by atoms with Gasteiger partial charge in [-0.05, 0) is 62.4 Å². The highest BCUT2D eigenvalue weighted by atomic mass is 32.2. The van der Waals surface area contributed by atoms with Gasteiger partial charge in [-0.15, -0.1) is 0 Å². The molecule has 7 nitrogen and oxygen atoms in total. The Kier molecular flexibility index (Phi) is 5.19. The molecule has 3 rings (SSSR count). The second-order valence-corrected chi connectivity index (χ2v) is 8.16. The fourth-order valence-electron chi connectivity index (χ4n) is 2.73. The van der Waals surface area contributed by atoms with E-state index in [1.807, 2.05) is 19.9 Å². The highest BCUT2D eigenvalue weighted by molar-refractivity contribution is 7.92. The lowest BCUT2D eigenvalue weighted by molar-refractivity contribution is 0.102. The monoisotopic (exact) mass is 402 g/mol. The molecule has 28 heavy (non-hydrogen) atoms. The van der Waals surface area contributed by atoms with Gasteiger partial charge >= 0.3 is 0 Å². The van der Waals surface area contributed by atoms with E-state index in [0.29, 0.717) is 5.56 Å². The van der Waals surface area contributed by atoms with E-state index in [4.69, 9.17) is 0 Å². The lowest BCUT2D eigenvalue weighted by Crippen LogP contribution is -2.14. The number of sulfonamides is 1. The smallest absolute Gasteiger partial charge is 0.255 e. The molecule has 9 heteroatoms. The maximum Gasteiger partial charge on any atom is 0.255 e. The summed E-state index contributed by atoms with van der Waals surface area (Å²) < 4.78 is 40.2. The largest absolute Gasteiger partial charge is 0.322 e. The third-order valence-corrected chi connectivity index (χ3v) is 4.49. The summed E-state index contributed by atoms with van der Waals surface area (Å²) in [7, 11) is -3.64. The molecule has 0 bridgehead atoms. The minimum absolute atomic E-state index is 0.236. The van der Waals surface area contributed by atoms with Crippen molar-refractivity contribution in [2.24, 2.45) is 0 Å². The van der Waals surface area contributed by atoms with Gasteiger partial charge in [0, 0.05) is 16.9 Å². The normalized spacial score (nSPS) is 11.3. The number of anilines is 2. The molecule has 0 spiro atoms. The van der Waals surface area contributed by atoms with E-state index in [9.17, 15) is 17.6 Å². The van der Waals surface area contributed by atoms with Crippen LogP contribution in [0.25, 0.3) is 5.69 Å². The Balaban J connectivity index is 1.78. The molecule has 1 amide bonds. The van der Waals surface area contributed by atoms with Crippen LogP contribution < -0.4 is 10.0 Å². The molecule has 0 fully saturated rings. The molecular weight excluding hydrogens is 383 g/mol. The van der Waals surface area contributed by atoms with Gasteiger partial charge in [0.05, 0.1) is 23.3 Å². The van der Waals surface area contributed by atoms with Crippen molar-refractivity contribution in [1.29, 1.82) is 0 Å². The molecule has 2 aromatic carbocycles. The third kappa shape index (κ3) is 4.55. The zero-order chi connectivity index (χ0) is 20.5. The molecule has 0 radical (unpaired) electrons. The topological polar surface area (TPSA) is 93.1 Å². The Labute approximate surface area is 162 Å². The van der Waals surface area contributed by atoms with Gasteiger partial charge < -0.3 is 5.32 Å². The first-order valence-electron chi connectivity index (χ1n) is 8.35. The van der Waals surface area contributed by atoms with Crippen LogP contribution in [-0.4, -0.2) is 30.4 Å². The van der Waals surface area contributed by atoms with Crippen LogP contribution in [0, 0.1) is 19.7 Å². The fraction of sp³-hybridized carbons (Fsp3) is 0.158. The third-order valence-electron chi connectivity index (χ3n) is 3.90. The van der Waals surface area contributed by atoms with Gasteiger partial charge in [-0.1, -0.05) is 0 Å². The van der Waals surface area contributed by atoms with Crippen molar-refractivity contribution >= 4 is 27.3 Å². The van der Waals surface area contributed by atoms with Crippen molar-refractivity contribution in [2.75, 3.05) is 16.3 Å². The van der Waals surface area contributed by atoms with Gasteiger partial charge in [0.15, 0.2) is 0 Å². The summed E-state index contributed by atoms with van der Waals surface area (Å²) in [5.74, 6) is -1.14. The molecule has 1 aromatic heterocycles. The van der Waals surface area contributed by atoms with Crippen molar-refractivity contribution in [1.82, 2.24) is 9.78 Å². The van der Waals surface area contributed by atoms with Gasteiger partial charge in [-0.2, -0.15) is 5.10 Å². The van der Waals surface area contributed by atoms with E-state index in [2.05, 4.69) is 15.1 Å². The van der Waals surface area contributed by atoms with E-state index in [1.165, 1.54) is 12.1 Å². The summed E-state index contributed by atoms with van der Waals surface area (Å²) in [6.45, 7) is 3.85. The van der Waals surface area contributed by atoms with Crippen molar-refractivity contribution in [3.8, 4) is 5.69 Å². The Morgan fingerprint density at radius 1 is 1.07 bits per heavy atom. The van der Waals surface area contributed by atoms with E-state index < -0.39 is 21.7 Å². The van der Waals surface area contributed by atoms with Gasteiger partial charge in [0.25, 0.3) is 5.91 Å². The van der Waals surface area contributed by atoms with Crippen molar-refractivity contribution in [2.45, 2.75) is 13.8 Å². The number of carbonyl (C=O) groups is 1. The molecule has 1 heterocycles. The number of halogens is 1. The molecule has 0 saturated heterocycles. The van der Waals surface area contributed by atoms with Crippen LogP contribution in [0.5, 0.6) is 0 Å². The maximum atomic E-state index is 13.8. The molecule has 0 aliphatic rings. The van der Waals surface area contributed by atoms with Crippen LogP contribution >= 0.6 is 0 Å². The zero-order valence-electron chi connectivity index (χ0n) is 15.5. The van der Waals surface area contributed by atoms with Crippen LogP contribution in [0.1, 0.15) is 21.7 Å². The summed E-state index contributed by atoms with van der Waals surface area (Å²) in [6.07, 6.45) is 0.919. The van der Waals surface area contributed by atoms with Gasteiger partial charge in [-0.25, -0.2) is 17.5 Å². The highest BCUT2D eigenvalue weighted by Gasteiger charge is 2.12. The number of amides is 1. The Bertz CT molecular complexity index is 1140. The SMILES string of the molecule is Cc1cc(C)n(-c2ccc(C(=O)Nc3ccc(F)c(NS(C)(=O)=O)c3)cc2)n1. The van der Waals surface area contributed by atoms with Crippen LogP contribution in [-0.2, 0) is 10.0 Å². The molecule has 2 N–H and O–H groups in total. The lowest BCUT2D eigenvalue weighted by Gasteiger charge is -2.10. The van der Waals surface area contributed by atoms with E-state index in [1.54, 1.807) is 28.9 Å². The number of hydrogen-bond donors (Lipinski definition) is 2. The van der Waals surface area contributed by atoms with Gasteiger partial charge in [-0.3, -0.25) is 9.52 Å².